The van der Waals surface area contributed by atoms with Crippen molar-refractivity contribution in [2.24, 2.45) is 17.6 Å². The summed E-state index contributed by atoms with van der Waals surface area (Å²) in [6.45, 7) is 9.94. The standard InChI is InChI=1S/C12H25N3O.2ClH/c1-9-4-10(2)7-15(6-9)8-11(3)14-12(16)5-13;;/h9-11H,4-8,13H2,1-3H3,(H,14,16);2*1H. The second-order valence-corrected chi connectivity index (χ2v) is 5.34. The van der Waals surface area contributed by atoms with E-state index in [4.69, 9.17) is 5.73 Å². The van der Waals surface area contributed by atoms with Crippen LogP contribution in [0.1, 0.15) is 27.2 Å². The van der Waals surface area contributed by atoms with Gasteiger partial charge in [0.1, 0.15) is 0 Å². The number of piperidine rings is 1. The molecule has 3 atom stereocenters. The highest BCUT2D eigenvalue weighted by Crippen LogP contribution is 2.20. The minimum absolute atomic E-state index is 0. The van der Waals surface area contributed by atoms with Crippen molar-refractivity contribution in [1.29, 1.82) is 0 Å². The molecular weight excluding hydrogens is 273 g/mol. The predicted octanol–water partition coefficient (Wildman–Crippen LogP) is 1.27. The van der Waals surface area contributed by atoms with Gasteiger partial charge in [-0.15, -0.1) is 24.8 Å². The lowest BCUT2D eigenvalue weighted by Crippen LogP contribution is -2.48. The second-order valence-electron chi connectivity index (χ2n) is 5.34. The van der Waals surface area contributed by atoms with E-state index in [1.54, 1.807) is 0 Å². The van der Waals surface area contributed by atoms with E-state index in [9.17, 15) is 4.79 Å². The zero-order valence-electron chi connectivity index (χ0n) is 11.5. The summed E-state index contributed by atoms with van der Waals surface area (Å²) in [7, 11) is 0. The van der Waals surface area contributed by atoms with Crippen LogP contribution >= 0.6 is 24.8 Å². The van der Waals surface area contributed by atoms with Crippen molar-refractivity contribution in [2.45, 2.75) is 33.2 Å². The van der Waals surface area contributed by atoms with Crippen molar-refractivity contribution in [3.05, 3.63) is 0 Å². The van der Waals surface area contributed by atoms with Gasteiger partial charge in [-0.2, -0.15) is 0 Å². The third kappa shape index (κ3) is 7.41. The molecule has 0 aromatic rings. The van der Waals surface area contributed by atoms with Crippen molar-refractivity contribution in [1.82, 2.24) is 10.2 Å². The lowest BCUT2D eigenvalue weighted by molar-refractivity contribution is -0.120. The van der Waals surface area contributed by atoms with Gasteiger partial charge in [0.15, 0.2) is 0 Å². The molecule has 0 aliphatic carbocycles. The highest BCUT2D eigenvalue weighted by Gasteiger charge is 2.22. The number of halogens is 2. The Kier molecular flexibility index (Phi) is 11.1. The van der Waals surface area contributed by atoms with Gasteiger partial charge in [-0.05, 0) is 25.2 Å². The highest BCUT2D eigenvalue weighted by molar-refractivity contribution is 5.85. The highest BCUT2D eigenvalue weighted by atomic mass is 35.5. The molecule has 6 heteroatoms. The number of nitrogens with one attached hydrogen (secondary N) is 1. The molecule has 3 N–H and O–H groups in total. The van der Waals surface area contributed by atoms with Crippen LogP contribution in [0.4, 0.5) is 0 Å². The molecule has 0 aromatic carbocycles. The summed E-state index contributed by atoms with van der Waals surface area (Å²) in [5.74, 6) is 1.47. The third-order valence-electron chi connectivity index (χ3n) is 3.07. The number of carbonyl (C=O) groups is 1. The summed E-state index contributed by atoms with van der Waals surface area (Å²) in [6.07, 6.45) is 1.32. The van der Waals surface area contributed by atoms with Crippen molar-refractivity contribution >= 4 is 30.7 Å². The molecule has 1 fully saturated rings. The van der Waals surface area contributed by atoms with Crippen LogP contribution in [0.3, 0.4) is 0 Å². The van der Waals surface area contributed by atoms with Crippen molar-refractivity contribution < 1.29 is 4.79 Å². The Balaban J connectivity index is 0. The van der Waals surface area contributed by atoms with Crippen LogP contribution in [0.15, 0.2) is 0 Å². The molecule has 18 heavy (non-hydrogen) atoms. The molecule has 3 unspecified atom stereocenters. The first-order valence-electron chi connectivity index (χ1n) is 6.23. The molecule has 0 aromatic heterocycles. The number of likely N-dealkylation sites (tertiary alicyclic amines) is 1. The molecule has 0 bridgehead atoms. The van der Waals surface area contributed by atoms with Gasteiger partial charge in [-0.1, -0.05) is 13.8 Å². The van der Waals surface area contributed by atoms with Crippen molar-refractivity contribution in [3.8, 4) is 0 Å². The van der Waals surface area contributed by atoms with Crippen LogP contribution in [-0.2, 0) is 4.79 Å². The molecule has 0 saturated carbocycles. The number of carbonyl (C=O) groups excluding carboxylic acids is 1. The Morgan fingerprint density at radius 1 is 1.33 bits per heavy atom. The summed E-state index contributed by atoms with van der Waals surface area (Å²) in [5, 5.41) is 2.90. The van der Waals surface area contributed by atoms with Gasteiger partial charge in [0, 0.05) is 25.7 Å². The van der Waals surface area contributed by atoms with Crippen LogP contribution in [-0.4, -0.2) is 43.0 Å². The molecule has 1 heterocycles. The smallest absolute Gasteiger partial charge is 0.233 e. The average Bonchev–Trinajstić information content (AvgIpc) is 2.15. The maximum absolute atomic E-state index is 11.1. The van der Waals surface area contributed by atoms with Gasteiger partial charge >= 0.3 is 0 Å². The van der Waals surface area contributed by atoms with Crippen LogP contribution in [0, 0.1) is 11.8 Å². The van der Waals surface area contributed by atoms with E-state index in [0.29, 0.717) is 0 Å². The minimum Gasteiger partial charge on any atom is -0.351 e. The lowest BCUT2D eigenvalue weighted by Gasteiger charge is -2.36. The summed E-state index contributed by atoms with van der Waals surface area (Å²) >= 11 is 0. The largest absolute Gasteiger partial charge is 0.351 e. The zero-order valence-corrected chi connectivity index (χ0v) is 13.1. The molecule has 110 valence electrons. The van der Waals surface area contributed by atoms with E-state index in [1.165, 1.54) is 6.42 Å². The maximum Gasteiger partial charge on any atom is 0.233 e. The van der Waals surface area contributed by atoms with Crippen LogP contribution in [0.2, 0.25) is 0 Å². The number of nitrogens with zero attached hydrogens (tertiary/aromatic N) is 1. The Labute approximate surface area is 123 Å². The monoisotopic (exact) mass is 299 g/mol. The molecule has 0 radical (unpaired) electrons. The number of nitrogens with two attached hydrogens (primary N) is 1. The van der Waals surface area contributed by atoms with E-state index in [0.717, 1.165) is 31.5 Å². The molecule has 1 saturated heterocycles. The van der Waals surface area contributed by atoms with E-state index in [2.05, 4.69) is 24.1 Å². The maximum atomic E-state index is 11.1. The number of rotatable bonds is 4. The number of hydrogen-bond acceptors (Lipinski definition) is 3. The first-order valence-corrected chi connectivity index (χ1v) is 6.23. The summed E-state index contributed by atoms with van der Waals surface area (Å²) in [6, 6.07) is 0.188. The summed E-state index contributed by atoms with van der Waals surface area (Å²) in [4.78, 5) is 13.6. The Morgan fingerprint density at radius 2 is 1.83 bits per heavy atom. The van der Waals surface area contributed by atoms with E-state index in [-0.39, 0.29) is 43.3 Å². The van der Waals surface area contributed by atoms with Gasteiger partial charge in [0.2, 0.25) is 5.91 Å². The van der Waals surface area contributed by atoms with Gasteiger partial charge in [-0.3, -0.25) is 4.79 Å². The molecule has 1 aliphatic rings. The summed E-state index contributed by atoms with van der Waals surface area (Å²) < 4.78 is 0. The fourth-order valence-corrected chi connectivity index (χ4v) is 2.71. The molecule has 0 spiro atoms. The Morgan fingerprint density at radius 3 is 2.28 bits per heavy atom. The molecule has 1 amide bonds. The SMILES string of the molecule is CC1CC(C)CN(CC(C)NC(=O)CN)C1.Cl.Cl. The number of amides is 1. The molecule has 1 aliphatic heterocycles. The third-order valence-corrected chi connectivity index (χ3v) is 3.07. The first kappa shape index (κ1) is 20.3. The van der Waals surface area contributed by atoms with Gasteiger partial charge in [-0.25, -0.2) is 0 Å². The van der Waals surface area contributed by atoms with E-state index < -0.39 is 0 Å². The van der Waals surface area contributed by atoms with Crippen LogP contribution < -0.4 is 11.1 Å². The fraction of sp³-hybridized carbons (Fsp3) is 0.917. The quantitative estimate of drug-likeness (QED) is 0.822. The molecular formula is C12H27Cl2N3O. The zero-order chi connectivity index (χ0) is 12.1. The topological polar surface area (TPSA) is 58.4 Å². The normalized spacial score (nSPS) is 25.6. The van der Waals surface area contributed by atoms with Gasteiger partial charge in [0.05, 0.1) is 6.54 Å². The second kappa shape index (κ2) is 9.84. The van der Waals surface area contributed by atoms with Crippen molar-refractivity contribution in [3.63, 3.8) is 0 Å². The van der Waals surface area contributed by atoms with Crippen molar-refractivity contribution in [2.75, 3.05) is 26.2 Å². The lowest BCUT2D eigenvalue weighted by atomic mass is 9.92. The van der Waals surface area contributed by atoms with Crippen LogP contribution in [0.5, 0.6) is 0 Å². The van der Waals surface area contributed by atoms with Gasteiger partial charge < -0.3 is 16.0 Å². The van der Waals surface area contributed by atoms with E-state index >= 15 is 0 Å². The van der Waals surface area contributed by atoms with Gasteiger partial charge in [0.25, 0.3) is 0 Å². The first-order chi connectivity index (χ1) is 7.51. The van der Waals surface area contributed by atoms with Crippen LogP contribution in [0.25, 0.3) is 0 Å². The Bertz CT molecular complexity index is 231. The number of hydrogen-bond donors (Lipinski definition) is 2. The fourth-order valence-electron chi connectivity index (χ4n) is 2.71. The molecule has 1 rings (SSSR count). The average molecular weight is 300 g/mol. The summed E-state index contributed by atoms with van der Waals surface area (Å²) in [5.41, 5.74) is 5.27. The molecule has 4 nitrogen and oxygen atoms in total. The van der Waals surface area contributed by atoms with E-state index in [1.807, 2.05) is 6.92 Å². The predicted molar refractivity (Wildman–Crippen MR) is 80.5 cm³/mol. The Hall–Kier alpha value is -0.0300. The minimum atomic E-state index is -0.0643.